The number of aryl methyl sites for hydroxylation is 1. The van der Waals surface area contributed by atoms with Gasteiger partial charge in [-0.1, -0.05) is 6.07 Å². The van der Waals surface area contributed by atoms with Crippen LogP contribution in [0.2, 0.25) is 0 Å². The van der Waals surface area contributed by atoms with Crippen molar-refractivity contribution in [3.8, 4) is 0 Å². The Balaban J connectivity index is 2.25. The van der Waals surface area contributed by atoms with Crippen LogP contribution in [0.3, 0.4) is 0 Å². The van der Waals surface area contributed by atoms with E-state index in [1.807, 2.05) is 0 Å². The van der Waals surface area contributed by atoms with Crippen molar-refractivity contribution < 1.29 is 17.6 Å². The lowest BCUT2D eigenvalue weighted by Gasteiger charge is -2.05. The first-order chi connectivity index (χ1) is 8.88. The number of rotatable bonds is 3. The predicted molar refractivity (Wildman–Crippen MR) is 69.2 cm³/mol. The molecule has 2 aromatic rings. The number of nitrogens with one attached hydrogen (secondary N) is 1. The molecule has 0 atom stereocenters. The number of benzene rings is 1. The Morgan fingerprint density at radius 3 is 2.63 bits per heavy atom. The van der Waals surface area contributed by atoms with Gasteiger partial charge in [-0.3, -0.25) is 4.79 Å². The third kappa shape index (κ3) is 3.01. The zero-order valence-corrected chi connectivity index (χ0v) is 10.9. The van der Waals surface area contributed by atoms with E-state index in [-0.39, 0.29) is 10.7 Å². The number of sulfonamides is 1. The maximum absolute atomic E-state index is 11.9. The summed E-state index contributed by atoms with van der Waals surface area (Å²) in [5.41, 5.74) is 1.02. The predicted octanol–water partition coefficient (Wildman–Crippen LogP) is 1.49. The van der Waals surface area contributed by atoms with E-state index in [1.54, 1.807) is 19.1 Å². The molecule has 0 spiro atoms. The first-order valence-electron chi connectivity index (χ1n) is 5.36. The number of nitrogens with two attached hydrogens (primary N) is 1. The van der Waals surface area contributed by atoms with Crippen molar-refractivity contribution in [2.75, 3.05) is 5.32 Å². The molecule has 0 saturated heterocycles. The summed E-state index contributed by atoms with van der Waals surface area (Å²) in [5, 5.41) is 7.56. The number of amides is 1. The molecule has 0 unspecified atom stereocenters. The van der Waals surface area contributed by atoms with Crippen LogP contribution in [0.1, 0.15) is 16.1 Å². The average Bonchev–Trinajstić information content (AvgIpc) is 2.75. The average molecular weight is 280 g/mol. The number of primary sulfonamides is 1. The van der Waals surface area contributed by atoms with Gasteiger partial charge in [0.25, 0.3) is 5.91 Å². The summed E-state index contributed by atoms with van der Waals surface area (Å²) in [6.07, 6.45) is 1.41. The molecular weight excluding hydrogens is 268 g/mol. The first-order valence-corrected chi connectivity index (χ1v) is 6.91. The van der Waals surface area contributed by atoms with Gasteiger partial charge in [0.05, 0.1) is 11.2 Å². The minimum absolute atomic E-state index is 0.0681. The van der Waals surface area contributed by atoms with E-state index in [0.29, 0.717) is 11.3 Å². The molecule has 1 amide bonds. The molecule has 1 aromatic carbocycles. The normalized spacial score (nSPS) is 11.3. The second-order valence-corrected chi connectivity index (χ2v) is 5.52. The van der Waals surface area contributed by atoms with Crippen molar-refractivity contribution in [1.82, 2.24) is 0 Å². The van der Waals surface area contributed by atoms with Crippen LogP contribution in [-0.2, 0) is 10.0 Å². The second kappa shape index (κ2) is 4.87. The van der Waals surface area contributed by atoms with Gasteiger partial charge >= 0.3 is 0 Å². The highest BCUT2D eigenvalue weighted by atomic mass is 32.2. The van der Waals surface area contributed by atoms with Gasteiger partial charge in [-0.15, -0.1) is 0 Å². The zero-order chi connectivity index (χ0) is 14.0. The van der Waals surface area contributed by atoms with E-state index in [1.165, 1.54) is 24.5 Å². The van der Waals surface area contributed by atoms with E-state index in [0.717, 1.165) is 0 Å². The summed E-state index contributed by atoms with van der Waals surface area (Å²) in [7, 11) is -3.80. The highest BCUT2D eigenvalue weighted by Gasteiger charge is 2.14. The van der Waals surface area contributed by atoms with Crippen LogP contribution < -0.4 is 10.5 Å². The lowest BCUT2D eigenvalue weighted by molar-refractivity contribution is 0.0996. The first kappa shape index (κ1) is 13.3. The highest BCUT2D eigenvalue weighted by molar-refractivity contribution is 7.89. The van der Waals surface area contributed by atoms with Gasteiger partial charge < -0.3 is 9.73 Å². The molecule has 3 N–H and O–H groups in total. The second-order valence-electron chi connectivity index (χ2n) is 3.96. The molecule has 1 heterocycles. The van der Waals surface area contributed by atoms with Gasteiger partial charge in [0.1, 0.15) is 0 Å². The Bertz CT molecular complexity index is 719. The Morgan fingerprint density at radius 2 is 2.05 bits per heavy atom. The van der Waals surface area contributed by atoms with E-state index in [2.05, 4.69) is 5.32 Å². The molecule has 0 saturated carbocycles. The largest absolute Gasteiger partial charge is 0.459 e. The van der Waals surface area contributed by atoms with Gasteiger partial charge in [0.2, 0.25) is 10.0 Å². The number of hydrogen-bond donors (Lipinski definition) is 2. The molecule has 19 heavy (non-hydrogen) atoms. The Hall–Kier alpha value is -2.12. The fourth-order valence-corrected chi connectivity index (χ4v) is 2.10. The molecule has 0 bridgehead atoms. The maximum Gasteiger partial charge on any atom is 0.291 e. The van der Waals surface area contributed by atoms with Gasteiger partial charge in [-0.2, -0.15) is 0 Å². The van der Waals surface area contributed by atoms with Gasteiger partial charge in [0, 0.05) is 11.3 Å². The van der Waals surface area contributed by atoms with Crippen molar-refractivity contribution in [2.45, 2.75) is 11.8 Å². The minimum atomic E-state index is -3.80. The van der Waals surface area contributed by atoms with Crippen LogP contribution >= 0.6 is 0 Å². The number of anilines is 1. The lowest BCUT2D eigenvalue weighted by Crippen LogP contribution is -2.15. The van der Waals surface area contributed by atoms with E-state index < -0.39 is 15.9 Å². The fraction of sp³-hybridized carbons (Fsp3) is 0.0833. The quantitative estimate of drug-likeness (QED) is 0.889. The monoisotopic (exact) mass is 280 g/mol. The van der Waals surface area contributed by atoms with Gasteiger partial charge in [0.15, 0.2) is 5.76 Å². The summed E-state index contributed by atoms with van der Waals surface area (Å²) in [6, 6.07) is 7.35. The van der Waals surface area contributed by atoms with Crippen LogP contribution in [0.25, 0.3) is 0 Å². The lowest BCUT2D eigenvalue weighted by atomic mass is 10.2. The zero-order valence-electron chi connectivity index (χ0n) is 10.1. The van der Waals surface area contributed by atoms with E-state index >= 15 is 0 Å². The summed E-state index contributed by atoms with van der Waals surface area (Å²) in [5.74, 6) is -0.268. The van der Waals surface area contributed by atoms with E-state index in [4.69, 9.17) is 9.56 Å². The Labute approximate surface area is 110 Å². The molecule has 100 valence electrons. The molecule has 0 aliphatic carbocycles. The van der Waals surface area contributed by atoms with Gasteiger partial charge in [-0.05, 0) is 31.2 Å². The van der Waals surface area contributed by atoms with Gasteiger partial charge in [-0.25, -0.2) is 13.6 Å². The van der Waals surface area contributed by atoms with Crippen LogP contribution in [0.5, 0.6) is 0 Å². The smallest absolute Gasteiger partial charge is 0.291 e. The van der Waals surface area contributed by atoms with Crippen LogP contribution in [0, 0.1) is 6.92 Å². The number of carbonyl (C=O) groups excluding carboxylic acids is 1. The maximum atomic E-state index is 11.9. The molecular formula is C12H12N2O4S. The van der Waals surface area contributed by atoms with E-state index in [9.17, 15) is 13.2 Å². The molecule has 7 heteroatoms. The Kier molecular flexibility index (Phi) is 3.41. The third-order valence-corrected chi connectivity index (χ3v) is 3.40. The molecule has 0 fully saturated rings. The number of furan rings is 1. The third-order valence-electron chi connectivity index (χ3n) is 2.49. The molecule has 0 aliphatic rings. The van der Waals surface area contributed by atoms with Crippen LogP contribution in [-0.4, -0.2) is 14.3 Å². The fourth-order valence-electron chi connectivity index (χ4n) is 1.54. The van der Waals surface area contributed by atoms with Crippen LogP contribution in [0.4, 0.5) is 5.69 Å². The molecule has 0 radical (unpaired) electrons. The van der Waals surface area contributed by atoms with Crippen molar-refractivity contribution >= 4 is 21.6 Å². The number of carbonyl (C=O) groups is 1. The summed E-state index contributed by atoms with van der Waals surface area (Å²) >= 11 is 0. The summed E-state index contributed by atoms with van der Waals surface area (Å²) in [4.78, 5) is 11.8. The topological polar surface area (TPSA) is 102 Å². The van der Waals surface area contributed by atoms with Crippen LogP contribution in [0.15, 0.2) is 45.9 Å². The Morgan fingerprint density at radius 1 is 1.32 bits per heavy atom. The molecule has 6 nitrogen and oxygen atoms in total. The molecule has 0 aliphatic heterocycles. The van der Waals surface area contributed by atoms with Crippen molar-refractivity contribution in [1.29, 1.82) is 0 Å². The SMILES string of the molecule is Cc1ccoc1C(=O)Nc1cccc(S(N)(=O)=O)c1. The van der Waals surface area contributed by atoms with Crippen molar-refractivity contribution in [3.05, 3.63) is 47.9 Å². The number of hydrogen-bond acceptors (Lipinski definition) is 4. The summed E-state index contributed by atoms with van der Waals surface area (Å²) < 4.78 is 27.4. The highest BCUT2D eigenvalue weighted by Crippen LogP contribution is 2.16. The summed E-state index contributed by atoms with van der Waals surface area (Å²) in [6.45, 7) is 1.74. The standard InChI is InChI=1S/C12H12N2O4S/c1-8-5-6-18-11(8)12(15)14-9-3-2-4-10(7-9)19(13,16)17/h2-7H,1H3,(H,14,15)(H2,13,16,17). The van der Waals surface area contributed by atoms with Crippen molar-refractivity contribution in [2.24, 2.45) is 5.14 Å². The molecule has 1 aromatic heterocycles. The molecule has 2 rings (SSSR count). The van der Waals surface area contributed by atoms with Crippen molar-refractivity contribution in [3.63, 3.8) is 0 Å². The minimum Gasteiger partial charge on any atom is -0.459 e.